The molecule has 1 heterocycles. The Kier molecular flexibility index (Phi) is 5.68. The number of benzene rings is 2. The van der Waals surface area contributed by atoms with Crippen LogP contribution in [0.15, 0.2) is 60.7 Å². The van der Waals surface area contributed by atoms with Crippen LogP contribution in [0.3, 0.4) is 0 Å². The maximum atomic E-state index is 12.3. The molecule has 0 unspecified atom stereocenters. The third-order valence-corrected chi connectivity index (χ3v) is 4.47. The fraction of sp³-hybridized carbons (Fsp3) is 0.250. The van der Waals surface area contributed by atoms with E-state index < -0.39 is 0 Å². The quantitative estimate of drug-likeness (QED) is 0.792. The van der Waals surface area contributed by atoms with Crippen molar-refractivity contribution in [1.29, 1.82) is 0 Å². The highest BCUT2D eigenvalue weighted by Crippen LogP contribution is 2.12. The van der Waals surface area contributed by atoms with E-state index >= 15 is 0 Å². The van der Waals surface area contributed by atoms with Crippen LogP contribution >= 0.6 is 11.6 Å². The summed E-state index contributed by atoms with van der Waals surface area (Å²) in [7, 11) is 0. The van der Waals surface area contributed by atoms with E-state index in [2.05, 4.69) is 29.2 Å². The number of hydrogen-bond acceptors (Lipinski definition) is 2. The molecule has 0 spiro atoms. The fourth-order valence-electron chi connectivity index (χ4n) is 2.81. The molecule has 1 amide bonds. The summed E-state index contributed by atoms with van der Waals surface area (Å²) >= 11 is 5.86. The predicted octanol–water partition coefficient (Wildman–Crippen LogP) is 3.70. The molecule has 0 radical (unpaired) electrons. The fourth-order valence-corrected chi connectivity index (χ4v) is 2.94. The van der Waals surface area contributed by atoms with Gasteiger partial charge in [-0.2, -0.15) is 0 Å². The van der Waals surface area contributed by atoms with Crippen molar-refractivity contribution in [1.82, 2.24) is 9.80 Å². The summed E-state index contributed by atoms with van der Waals surface area (Å²) < 4.78 is 0. The highest BCUT2D eigenvalue weighted by Gasteiger charge is 2.19. The first-order valence-corrected chi connectivity index (χ1v) is 8.57. The van der Waals surface area contributed by atoms with Crippen LogP contribution in [0.25, 0.3) is 6.08 Å². The number of nitrogens with zero attached hydrogens (tertiary/aromatic N) is 2. The lowest BCUT2D eigenvalue weighted by atomic mass is 10.2. The largest absolute Gasteiger partial charge is 0.337 e. The number of halogens is 1. The molecule has 124 valence electrons. The molecular weight excluding hydrogens is 320 g/mol. The Morgan fingerprint density at radius 2 is 1.62 bits per heavy atom. The summed E-state index contributed by atoms with van der Waals surface area (Å²) in [4.78, 5) is 16.6. The Morgan fingerprint density at radius 3 is 2.29 bits per heavy atom. The summed E-state index contributed by atoms with van der Waals surface area (Å²) in [5.74, 6) is 0.0734. The Balaban J connectivity index is 1.49. The van der Waals surface area contributed by atoms with Crippen LogP contribution in [-0.2, 0) is 11.3 Å². The van der Waals surface area contributed by atoms with Gasteiger partial charge in [0.1, 0.15) is 0 Å². The SMILES string of the molecule is O=C(/C=C/c1ccc(Cl)cc1)N1CCN(Cc2ccccc2)CC1. The van der Waals surface area contributed by atoms with Crippen LogP contribution in [-0.4, -0.2) is 41.9 Å². The van der Waals surface area contributed by atoms with Gasteiger partial charge in [0.05, 0.1) is 0 Å². The van der Waals surface area contributed by atoms with Crippen LogP contribution in [0.4, 0.5) is 0 Å². The molecule has 0 atom stereocenters. The Bertz CT molecular complexity index is 689. The van der Waals surface area contributed by atoms with E-state index in [1.807, 2.05) is 41.3 Å². The first kappa shape index (κ1) is 16.7. The van der Waals surface area contributed by atoms with Crippen molar-refractivity contribution in [2.45, 2.75) is 6.54 Å². The van der Waals surface area contributed by atoms with Gasteiger partial charge in [0.15, 0.2) is 0 Å². The van der Waals surface area contributed by atoms with Crippen molar-refractivity contribution in [2.24, 2.45) is 0 Å². The first-order chi connectivity index (χ1) is 11.7. The van der Waals surface area contributed by atoms with Gasteiger partial charge in [0, 0.05) is 43.8 Å². The Morgan fingerprint density at radius 1 is 0.958 bits per heavy atom. The van der Waals surface area contributed by atoms with Crippen molar-refractivity contribution in [3.05, 3.63) is 76.8 Å². The van der Waals surface area contributed by atoms with Gasteiger partial charge in [-0.1, -0.05) is 54.1 Å². The second-order valence-electron chi connectivity index (χ2n) is 5.97. The van der Waals surface area contributed by atoms with Crippen molar-refractivity contribution >= 4 is 23.6 Å². The van der Waals surface area contributed by atoms with Crippen LogP contribution in [0.1, 0.15) is 11.1 Å². The molecule has 1 fully saturated rings. The molecule has 24 heavy (non-hydrogen) atoms. The maximum Gasteiger partial charge on any atom is 0.246 e. The van der Waals surface area contributed by atoms with Gasteiger partial charge >= 0.3 is 0 Å². The Hall–Kier alpha value is -2.10. The minimum atomic E-state index is 0.0734. The topological polar surface area (TPSA) is 23.6 Å². The summed E-state index contributed by atoms with van der Waals surface area (Å²) in [5.41, 5.74) is 2.30. The second-order valence-corrected chi connectivity index (χ2v) is 6.41. The molecule has 1 aliphatic heterocycles. The minimum absolute atomic E-state index is 0.0734. The number of hydrogen-bond donors (Lipinski definition) is 0. The van der Waals surface area contributed by atoms with Crippen LogP contribution in [0.5, 0.6) is 0 Å². The highest BCUT2D eigenvalue weighted by atomic mass is 35.5. The van der Waals surface area contributed by atoms with Gasteiger partial charge in [0.2, 0.25) is 5.91 Å². The third-order valence-electron chi connectivity index (χ3n) is 4.22. The van der Waals surface area contributed by atoms with Gasteiger partial charge in [-0.25, -0.2) is 0 Å². The van der Waals surface area contributed by atoms with Crippen LogP contribution in [0.2, 0.25) is 5.02 Å². The number of carbonyl (C=O) groups is 1. The van der Waals surface area contributed by atoms with Gasteiger partial charge < -0.3 is 4.90 Å². The van der Waals surface area contributed by atoms with Crippen molar-refractivity contribution in [3.8, 4) is 0 Å². The summed E-state index contributed by atoms with van der Waals surface area (Å²) in [6.45, 7) is 4.32. The van der Waals surface area contributed by atoms with Crippen molar-refractivity contribution in [3.63, 3.8) is 0 Å². The maximum absolute atomic E-state index is 12.3. The molecule has 0 bridgehead atoms. The average molecular weight is 341 g/mol. The molecule has 3 rings (SSSR count). The smallest absolute Gasteiger partial charge is 0.246 e. The van der Waals surface area contributed by atoms with Crippen molar-refractivity contribution in [2.75, 3.05) is 26.2 Å². The van der Waals surface area contributed by atoms with E-state index in [1.54, 1.807) is 6.08 Å². The zero-order valence-corrected chi connectivity index (χ0v) is 14.3. The zero-order chi connectivity index (χ0) is 16.8. The van der Waals surface area contributed by atoms with Crippen LogP contribution in [0, 0.1) is 0 Å². The molecule has 1 aliphatic rings. The van der Waals surface area contributed by atoms with Crippen LogP contribution < -0.4 is 0 Å². The van der Waals surface area contributed by atoms with E-state index in [4.69, 9.17) is 11.6 Å². The van der Waals surface area contributed by atoms with Gasteiger partial charge in [-0.3, -0.25) is 9.69 Å². The van der Waals surface area contributed by atoms with E-state index in [1.165, 1.54) is 5.56 Å². The minimum Gasteiger partial charge on any atom is -0.337 e. The molecule has 0 aromatic heterocycles. The average Bonchev–Trinajstić information content (AvgIpc) is 2.62. The molecule has 2 aromatic rings. The first-order valence-electron chi connectivity index (χ1n) is 8.19. The standard InChI is InChI=1S/C20H21ClN2O/c21-19-9-6-17(7-10-19)8-11-20(24)23-14-12-22(13-15-23)16-18-4-2-1-3-5-18/h1-11H,12-16H2/b11-8+. The van der Waals surface area contributed by atoms with Gasteiger partial charge in [0.25, 0.3) is 0 Å². The summed E-state index contributed by atoms with van der Waals surface area (Å²) in [6.07, 6.45) is 3.49. The predicted molar refractivity (Wildman–Crippen MR) is 98.8 cm³/mol. The van der Waals surface area contributed by atoms with E-state index in [0.29, 0.717) is 5.02 Å². The number of piperazine rings is 1. The molecule has 2 aromatic carbocycles. The third kappa shape index (κ3) is 4.70. The molecule has 0 saturated carbocycles. The van der Waals surface area contributed by atoms with E-state index in [9.17, 15) is 4.79 Å². The van der Waals surface area contributed by atoms with E-state index in [-0.39, 0.29) is 5.91 Å². The lowest BCUT2D eigenvalue weighted by molar-refractivity contribution is -0.127. The van der Waals surface area contributed by atoms with Gasteiger partial charge in [-0.05, 0) is 29.3 Å². The lowest BCUT2D eigenvalue weighted by Gasteiger charge is -2.34. The number of carbonyl (C=O) groups excluding carboxylic acids is 1. The summed E-state index contributed by atoms with van der Waals surface area (Å²) in [5, 5.41) is 0.702. The molecular formula is C20H21ClN2O. The molecule has 4 heteroatoms. The highest BCUT2D eigenvalue weighted by molar-refractivity contribution is 6.30. The van der Waals surface area contributed by atoms with Gasteiger partial charge in [-0.15, -0.1) is 0 Å². The normalized spacial score (nSPS) is 15.8. The Labute approximate surface area is 148 Å². The zero-order valence-electron chi connectivity index (χ0n) is 13.6. The number of amides is 1. The van der Waals surface area contributed by atoms with E-state index in [0.717, 1.165) is 38.3 Å². The molecule has 1 saturated heterocycles. The number of rotatable bonds is 4. The second kappa shape index (κ2) is 8.13. The monoisotopic (exact) mass is 340 g/mol. The molecule has 0 N–H and O–H groups in total. The molecule has 0 aliphatic carbocycles. The molecule has 3 nitrogen and oxygen atoms in total. The summed E-state index contributed by atoms with van der Waals surface area (Å²) in [6, 6.07) is 17.9. The lowest BCUT2D eigenvalue weighted by Crippen LogP contribution is -2.47. The van der Waals surface area contributed by atoms with Crippen molar-refractivity contribution < 1.29 is 4.79 Å².